The lowest BCUT2D eigenvalue weighted by Crippen LogP contribution is -2.52. The van der Waals surface area contributed by atoms with Gasteiger partial charge in [0.2, 0.25) is 0 Å². The van der Waals surface area contributed by atoms with Crippen LogP contribution in [-0.4, -0.2) is 39.4 Å². The van der Waals surface area contributed by atoms with Gasteiger partial charge in [-0.3, -0.25) is 9.36 Å². The molecule has 0 aliphatic carbocycles. The molecule has 0 saturated carbocycles. The zero-order valence-electron chi connectivity index (χ0n) is 21.4. The third-order valence-corrected chi connectivity index (χ3v) is 7.20. The summed E-state index contributed by atoms with van der Waals surface area (Å²) in [5.74, 6) is -1.71. The first-order valence-electron chi connectivity index (χ1n) is 11.8. The first kappa shape index (κ1) is 27.3. The quantitative estimate of drug-likeness (QED) is 0.406. The predicted molar refractivity (Wildman–Crippen MR) is 138 cm³/mol. The average molecular weight is 517 g/mol. The summed E-state index contributed by atoms with van der Waals surface area (Å²) in [4.78, 5) is 52.5. The van der Waals surface area contributed by atoms with Crippen molar-refractivity contribution in [2.75, 3.05) is 13.2 Å². The monoisotopic (exact) mass is 516 g/mol. The second-order valence-electron chi connectivity index (χ2n) is 9.48. The molecule has 10 heteroatoms. The lowest BCUT2D eigenvalue weighted by molar-refractivity contribution is -0.146. The smallest absolute Gasteiger partial charge is 0.348 e. The van der Waals surface area contributed by atoms with E-state index < -0.39 is 34.8 Å². The van der Waals surface area contributed by atoms with Crippen LogP contribution in [0.5, 0.6) is 0 Å². The van der Waals surface area contributed by atoms with Crippen LogP contribution in [0.3, 0.4) is 0 Å². The Labute approximate surface area is 212 Å². The number of aromatic nitrogens is 2. The third-order valence-electron chi connectivity index (χ3n) is 5.91. The summed E-state index contributed by atoms with van der Waals surface area (Å²) in [6.45, 7) is 10.5. The van der Waals surface area contributed by atoms with Gasteiger partial charge in [0, 0.05) is 6.61 Å². The van der Waals surface area contributed by atoms with E-state index >= 15 is 0 Å². The van der Waals surface area contributed by atoms with E-state index in [-0.39, 0.29) is 34.2 Å². The molecule has 194 valence electrons. The highest BCUT2D eigenvalue weighted by atomic mass is 32.1. The largest absolute Gasteiger partial charge is 0.480 e. The van der Waals surface area contributed by atoms with Crippen LogP contribution >= 0.6 is 11.3 Å². The maximum absolute atomic E-state index is 13.8. The van der Waals surface area contributed by atoms with Crippen molar-refractivity contribution in [1.29, 1.82) is 0 Å². The molecule has 0 saturated heterocycles. The molecule has 0 aliphatic heterocycles. The first-order chi connectivity index (χ1) is 16.9. The Morgan fingerprint density at radius 3 is 2.33 bits per heavy atom. The number of hydrogen-bond donors (Lipinski definition) is 1. The van der Waals surface area contributed by atoms with Gasteiger partial charge in [-0.25, -0.2) is 19.0 Å². The highest BCUT2D eigenvalue weighted by Crippen LogP contribution is 2.31. The van der Waals surface area contributed by atoms with Crippen LogP contribution in [0.25, 0.3) is 10.2 Å². The van der Waals surface area contributed by atoms with Gasteiger partial charge in [0.15, 0.2) is 0 Å². The number of nitrogens with zero attached hydrogens (tertiary/aromatic N) is 2. The maximum atomic E-state index is 13.8. The van der Waals surface area contributed by atoms with E-state index in [0.717, 1.165) is 21.5 Å². The summed E-state index contributed by atoms with van der Waals surface area (Å²) < 4.78 is 13.4. The molecule has 1 atom stereocenters. The fourth-order valence-corrected chi connectivity index (χ4v) is 5.08. The minimum Gasteiger partial charge on any atom is -0.480 e. The molecule has 0 spiro atoms. The highest BCUT2D eigenvalue weighted by molar-refractivity contribution is 7.20. The molecule has 3 aromatic rings. The molecule has 0 bridgehead atoms. The van der Waals surface area contributed by atoms with E-state index in [4.69, 9.17) is 9.47 Å². The maximum Gasteiger partial charge on any atom is 0.348 e. The highest BCUT2D eigenvalue weighted by Gasteiger charge is 2.36. The van der Waals surface area contributed by atoms with Crippen LogP contribution in [-0.2, 0) is 26.4 Å². The van der Waals surface area contributed by atoms with E-state index in [2.05, 4.69) is 0 Å². The van der Waals surface area contributed by atoms with Gasteiger partial charge in [-0.15, -0.1) is 11.3 Å². The number of carbonyl (C=O) groups excluding carboxylic acids is 1. The average Bonchev–Trinajstić information content (AvgIpc) is 3.16. The van der Waals surface area contributed by atoms with E-state index in [1.54, 1.807) is 13.8 Å². The Hall–Kier alpha value is -3.24. The number of thiophene rings is 1. The number of aryl methyl sites for hydroxylation is 1. The SMILES string of the molecule is CCOC(=O)c1sc2c(c1C)c(=O)n(C(C)(C)C(=O)O)c(=O)n2CC(OCC(C)C)c1ccccc1. The van der Waals surface area contributed by atoms with Crippen LogP contribution < -0.4 is 11.2 Å². The number of carboxylic acids is 1. The summed E-state index contributed by atoms with van der Waals surface area (Å²) in [6, 6.07) is 9.36. The molecule has 36 heavy (non-hydrogen) atoms. The summed E-state index contributed by atoms with van der Waals surface area (Å²) in [5.41, 5.74) is -2.20. The Morgan fingerprint density at radius 1 is 1.14 bits per heavy atom. The lowest BCUT2D eigenvalue weighted by Gasteiger charge is -2.25. The number of fused-ring (bicyclic) bond motifs is 1. The second-order valence-corrected chi connectivity index (χ2v) is 10.5. The van der Waals surface area contributed by atoms with Gasteiger partial charge < -0.3 is 14.6 Å². The molecule has 1 unspecified atom stereocenters. The first-order valence-corrected chi connectivity index (χ1v) is 12.6. The lowest BCUT2D eigenvalue weighted by atomic mass is 10.1. The van der Waals surface area contributed by atoms with Crippen LogP contribution in [0.15, 0.2) is 39.9 Å². The van der Waals surface area contributed by atoms with Crippen LogP contribution in [0, 0.1) is 12.8 Å². The summed E-state index contributed by atoms with van der Waals surface area (Å²) in [5, 5.41) is 9.96. The molecule has 0 radical (unpaired) electrons. The number of rotatable bonds is 10. The molecule has 9 nitrogen and oxygen atoms in total. The predicted octanol–water partition coefficient (Wildman–Crippen LogP) is 3.94. The van der Waals surface area contributed by atoms with E-state index in [0.29, 0.717) is 12.2 Å². The van der Waals surface area contributed by atoms with Crippen molar-refractivity contribution >= 4 is 33.5 Å². The molecule has 0 amide bonds. The summed E-state index contributed by atoms with van der Waals surface area (Å²) in [6.07, 6.45) is -0.554. The minimum absolute atomic E-state index is 0.0181. The van der Waals surface area contributed by atoms with Crippen LogP contribution in [0.1, 0.15) is 61.5 Å². The van der Waals surface area contributed by atoms with E-state index in [1.165, 1.54) is 18.4 Å². The zero-order valence-corrected chi connectivity index (χ0v) is 22.2. The molecule has 1 aromatic carbocycles. The van der Waals surface area contributed by atoms with Gasteiger partial charge in [-0.1, -0.05) is 44.2 Å². The number of aliphatic carboxylic acids is 1. The minimum atomic E-state index is -1.83. The number of hydrogen-bond acceptors (Lipinski definition) is 7. The van der Waals surface area contributed by atoms with Gasteiger partial charge in [-0.2, -0.15) is 0 Å². The molecular weight excluding hydrogens is 484 g/mol. The van der Waals surface area contributed by atoms with Crippen molar-refractivity contribution in [1.82, 2.24) is 9.13 Å². The second kappa shape index (κ2) is 10.8. The van der Waals surface area contributed by atoms with Crippen molar-refractivity contribution in [2.24, 2.45) is 5.92 Å². The van der Waals surface area contributed by atoms with Gasteiger partial charge in [0.25, 0.3) is 5.56 Å². The fraction of sp³-hybridized carbons (Fsp3) is 0.462. The van der Waals surface area contributed by atoms with Gasteiger partial charge >= 0.3 is 17.6 Å². The third kappa shape index (κ3) is 5.15. The fourth-order valence-electron chi connectivity index (χ4n) is 3.88. The summed E-state index contributed by atoms with van der Waals surface area (Å²) in [7, 11) is 0. The van der Waals surface area contributed by atoms with Crippen molar-refractivity contribution in [3.05, 3.63) is 67.2 Å². The normalized spacial score (nSPS) is 12.8. The Balaban J connectivity index is 2.35. The molecule has 0 aliphatic rings. The molecule has 2 heterocycles. The standard InChI is InChI=1S/C26H32N2O7S/c1-7-34-23(30)20-16(4)19-21(29)28(26(5,6)24(31)32)25(33)27(22(19)36-20)13-18(35-14-15(2)3)17-11-9-8-10-12-17/h8-12,15,18H,7,13-14H2,1-6H3,(H,31,32). The van der Waals surface area contributed by atoms with Gasteiger partial charge in [0.1, 0.15) is 21.4 Å². The molecule has 2 aromatic heterocycles. The number of carboxylic acid groups (broad SMARTS) is 1. The van der Waals surface area contributed by atoms with Crippen molar-refractivity contribution in [3.8, 4) is 0 Å². The molecule has 0 fully saturated rings. The molecule has 3 rings (SSSR count). The summed E-state index contributed by atoms with van der Waals surface area (Å²) >= 11 is 0.988. The van der Waals surface area contributed by atoms with Gasteiger partial charge in [-0.05, 0) is 44.7 Å². The topological polar surface area (TPSA) is 117 Å². The van der Waals surface area contributed by atoms with Crippen molar-refractivity contribution in [2.45, 2.75) is 59.7 Å². The number of ether oxygens (including phenoxy) is 2. The molecule has 1 N–H and O–H groups in total. The Morgan fingerprint density at radius 2 is 1.78 bits per heavy atom. The van der Waals surface area contributed by atoms with Crippen molar-refractivity contribution in [3.63, 3.8) is 0 Å². The van der Waals surface area contributed by atoms with Gasteiger partial charge in [0.05, 0.1) is 18.5 Å². The van der Waals surface area contributed by atoms with Crippen LogP contribution in [0.2, 0.25) is 0 Å². The number of esters is 1. The zero-order chi connectivity index (χ0) is 26.8. The van der Waals surface area contributed by atoms with E-state index in [1.807, 2.05) is 44.2 Å². The Bertz CT molecular complexity index is 1380. The number of benzene rings is 1. The number of carbonyl (C=O) groups is 2. The Kier molecular flexibility index (Phi) is 8.20. The van der Waals surface area contributed by atoms with E-state index in [9.17, 15) is 24.3 Å². The van der Waals surface area contributed by atoms with Crippen molar-refractivity contribution < 1.29 is 24.2 Å². The van der Waals surface area contributed by atoms with Crippen LogP contribution in [0.4, 0.5) is 0 Å². The molecular formula is C26H32N2O7S.